The van der Waals surface area contributed by atoms with Crippen LogP contribution in [0.15, 0.2) is 29.2 Å². The van der Waals surface area contributed by atoms with E-state index in [0.29, 0.717) is 18.6 Å². The van der Waals surface area contributed by atoms with Crippen molar-refractivity contribution in [2.75, 3.05) is 13.7 Å². The van der Waals surface area contributed by atoms with Crippen LogP contribution in [0.25, 0.3) is 0 Å². The number of benzene rings is 1. The maximum Gasteiger partial charge on any atom is 0.338 e. The first-order valence-electron chi connectivity index (χ1n) is 5.46. The molecule has 1 aromatic rings. The molecule has 0 aliphatic carbocycles. The average Bonchev–Trinajstić information content (AvgIpc) is 2.28. The first-order chi connectivity index (χ1) is 7.94. The first kappa shape index (κ1) is 14.1. The summed E-state index contributed by atoms with van der Waals surface area (Å²) in [5.74, 6) is -0.326. The fourth-order valence-electron chi connectivity index (χ4n) is 1.21. The van der Waals surface area contributed by atoms with Gasteiger partial charge in [-0.2, -0.15) is 0 Å². The molecule has 0 unspecified atom stereocenters. The molecule has 1 rings (SSSR count). The molecular formula is C13H18O3S. The van der Waals surface area contributed by atoms with Crippen LogP contribution in [-0.4, -0.2) is 25.3 Å². The van der Waals surface area contributed by atoms with Crippen molar-refractivity contribution in [2.24, 2.45) is 0 Å². The van der Waals surface area contributed by atoms with Gasteiger partial charge in [-0.05, 0) is 32.0 Å². The molecule has 0 aliphatic rings. The molecule has 0 aliphatic heterocycles. The Morgan fingerprint density at radius 1 is 1.41 bits per heavy atom. The highest BCUT2D eigenvalue weighted by Gasteiger charge is 2.17. The van der Waals surface area contributed by atoms with Crippen LogP contribution < -0.4 is 0 Å². The fraction of sp³-hybridized carbons (Fsp3) is 0.462. The molecule has 0 saturated carbocycles. The van der Waals surface area contributed by atoms with E-state index in [1.54, 1.807) is 25.3 Å². The smallest absolute Gasteiger partial charge is 0.338 e. The minimum absolute atomic E-state index is 0.272. The van der Waals surface area contributed by atoms with Gasteiger partial charge in [0.15, 0.2) is 0 Å². The maximum absolute atomic E-state index is 11.7. The van der Waals surface area contributed by atoms with E-state index in [1.165, 1.54) is 0 Å². The molecule has 0 fully saturated rings. The molecule has 0 atom stereocenters. The number of carbonyl (C=O) groups is 1. The lowest BCUT2D eigenvalue weighted by molar-refractivity contribution is -0.00563. The maximum atomic E-state index is 11.7. The van der Waals surface area contributed by atoms with Crippen molar-refractivity contribution in [1.82, 2.24) is 0 Å². The second-order valence-electron chi connectivity index (χ2n) is 4.40. The topological polar surface area (TPSA) is 35.5 Å². The number of rotatable bonds is 5. The number of methoxy groups -OCH3 is 1. The summed E-state index contributed by atoms with van der Waals surface area (Å²) in [4.78, 5) is 12.4. The van der Waals surface area contributed by atoms with Crippen molar-refractivity contribution >= 4 is 18.6 Å². The molecule has 94 valence electrons. The van der Waals surface area contributed by atoms with Gasteiger partial charge in [0.05, 0.1) is 17.8 Å². The van der Waals surface area contributed by atoms with Crippen molar-refractivity contribution in [3.63, 3.8) is 0 Å². The minimum atomic E-state index is -0.326. The average molecular weight is 254 g/mol. The fourth-order valence-corrected chi connectivity index (χ4v) is 1.43. The molecule has 0 spiro atoms. The number of hydrogen-bond acceptors (Lipinski definition) is 4. The van der Waals surface area contributed by atoms with E-state index in [2.05, 4.69) is 12.6 Å². The van der Waals surface area contributed by atoms with Gasteiger partial charge < -0.3 is 9.47 Å². The van der Waals surface area contributed by atoms with E-state index in [1.807, 2.05) is 19.9 Å². The molecule has 0 heterocycles. The molecule has 0 amide bonds. The highest BCUT2D eigenvalue weighted by Crippen LogP contribution is 2.14. The van der Waals surface area contributed by atoms with Crippen molar-refractivity contribution < 1.29 is 14.3 Å². The van der Waals surface area contributed by atoms with Gasteiger partial charge in [-0.15, -0.1) is 12.6 Å². The highest BCUT2D eigenvalue weighted by molar-refractivity contribution is 7.80. The van der Waals surface area contributed by atoms with Gasteiger partial charge in [0.25, 0.3) is 0 Å². The van der Waals surface area contributed by atoms with Crippen molar-refractivity contribution in [3.05, 3.63) is 29.8 Å². The standard InChI is InChI=1S/C13H18O3S/c1-13(2,15-3)7-8-16-12(14)10-5-4-6-11(17)9-10/h4-6,9,17H,7-8H2,1-3H3. The summed E-state index contributed by atoms with van der Waals surface area (Å²) >= 11 is 4.17. The molecule has 17 heavy (non-hydrogen) atoms. The van der Waals surface area contributed by atoms with Crippen LogP contribution in [0.3, 0.4) is 0 Å². The number of thiol groups is 1. The van der Waals surface area contributed by atoms with Crippen molar-refractivity contribution in [1.29, 1.82) is 0 Å². The largest absolute Gasteiger partial charge is 0.462 e. The summed E-state index contributed by atoms with van der Waals surface area (Å²) in [5, 5.41) is 0. The molecular weight excluding hydrogens is 236 g/mol. The Kier molecular flexibility index (Phi) is 5.02. The zero-order valence-corrected chi connectivity index (χ0v) is 11.3. The van der Waals surface area contributed by atoms with Gasteiger partial charge in [-0.3, -0.25) is 0 Å². The first-order valence-corrected chi connectivity index (χ1v) is 5.91. The van der Waals surface area contributed by atoms with E-state index < -0.39 is 0 Å². The summed E-state index contributed by atoms with van der Waals surface area (Å²) in [6, 6.07) is 6.99. The quantitative estimate of drug-likeness (QED) is 0.648. The van der Waals surface area contributed by atoms with Crippen LogP contribution in [0.1, 0.15) is 30.6 Å². The van der Waals surface area contributed by atoms with E-state index in [-0.39, 0.29) is 11.6 Å². The Morgan fingerprint density at radius 3 is 2.71 bits per heavy atom. The third-order valence-corrected chi connectivity index (χ3v) is 2.85. The predicted molar refractivity (Wildman–Crippen MR) is 69.7 cm³/mol. The molecule has 0 bridgehead atoms. The Morgan fingerprint density at radius 2 is 2.12 bits per heavy atom. The third-order valence-electron chi connectivity index (χ3n) is 2.57. The highest BCUT2D eigenvalue weighted by atomic mass is 32.1. The van der Waals surface area contributed by atoms with Gasteiger partial charge in [0.1, 0.15) is 0 Å². The Bertz CT molecular complexity index is 388. The van der Waals surface area contributed by atoms with E-state index in [9.17, 15) is 4.79 Å². The summed E-state index contributed by atoms with van der Waals surface area (Å²) in [6.45, 7) is 4.25. The van der Waals surface area contributed by atoms with Gasteiger partial charge >= 0.3 is 5.97 Å². The minimum Gasteiger partial charge on any atom is -0.462 e. The van der Waals surface area contributed by atoms with Crippen LogP contribution in [0.5, 0.6) is 0 Å². The summed E-state index contributed by atoms with van der Waals surface area (Å²) in [6.07, 6.45) is 0.663. The van der Waals surface area contributed by atoms with Crippen molar-refractivity contribution in [2.45, 2.75) is 30.8 Å². The Labute approximate surface area is 108 Å². The number of esters is 1. The molecule has 3 nitrogen and oxygen atoms in total. The molecule has 1 aromatic carbocycles. The predicted octanol–water partition coefficient (Wildman–Crippen LogP) is 2.95. The lowest BCUT2D eigenvalue weighted by atomic mass is 10.1. The lowest BCUT2D eigenvalue weighted by Gasteiger charge is -2.22. The zero-order valence-electron chi connectivity index (χ0n) is 10.4. The van der Waals surface area contributed by atoms with Crippen LogP contribution in [0.4, 0.5) is 0 Å². The van der Waals surface area contributed by atoms with Gasteiger partial charge in [0.2, 0.25) is 0 Å². The van der Waals surface area contributed by atoms with Crippen molar-refractivity contribution in [3.8, 4) is 0 Å². The van der Waals surface area contributed by atoms with E-state index >= 15 is 0 Å². The Hall–Kier alpha value is -1.00. The second kappa shape index (κ2) is 6.07. The molecule has 0 N–H and O–H groups in total. The summed E-state index contributed by atoms with van der Waals surface area (Å²) in [5.41, 5.74) is 0.249. The number of hydrogen-bond donors (Lipinski definition) is 1. The van der Waals surface area contributed by atoms with E-state index in [0.717, 1.165) is 4.90 Å². The summed E-state index contributed by atoms with van der Waals surface area (Å²) in [7, 11) is 1.65. The SMILES string of the molecule is COC(C)(C)CCOC(=O)c1cccc(S)c1. The number of ether oxygens (including phenoxy) is 2. The van der Waals surface area contributed by atoms with Gasteiger partial charge in [0, 0.05) is 18.4 Å². The molecule has 4 heteroatoms. The Balaban J connectivity index is 2.46. The second-order valence-corrected chi connectivity index (χ2v) is 4.92. The zero-order chi connectivity index (χ0) is 12.9. The van der Waals surface area contributed by atoms with Crippen LogP contribution >= 0.6 is 12.6 Å². The van der Waals surface area contributed by atoms with Crippen LogP contribution in [-0.2, 0) is 9.47 Å². The third kappa shape index (κ3) is 4.79. The molecule has 0 radical (unpaired) electrons. The van der Waals surface area contributed by atoms with Gasteiger partial charge in [-0.1, -0.05) is 6.07 Å². The van der Waals surface area contributed by atoms with Crippen LogP contribution in [0.2, 0.25) is 0 Å². The lowest BCUT2D eigenvalue weighted by Crippen LogP contribution is -2.25. The summed E-state index contributed by atoms with van der Waals surface area (Å²) < 4.78 is 10.4. The van der Waals surface area contributed by atoms with Crippen LogP contribution in [0, 0.1) is 0 Å². The molecule has 0 aromatic heterocycles. The monoisotopic (exact) mass is 254 g/mol. The van der Waals surface area contributed by atoms with E-state index in [4.69, 9.17) is 9.47 Å². The normalized spacial score (nSPS) is 11.3. The number of carbonyl (C=O) groups excluding carboxylic acids is 1. The molecule has 0 saturated heterocycles. The van der Waals surface area contributed by atoms with Gasteiger partial charge in [-0.25, -0.2) is 4.79 Å².